The second kappa shape index (κ2) is 4.55. The lowest BCUT2D eigenvalue weighted by molar-refractivity contribution is 0.416. The lowest BCUT2D eigenvalue weighted by atomic mass is 10.1. The molecule has 19 heavy (non-hydrogen) atoms. The number of nitrogens with one attached hydrogen (secondary N) is 1. The number of H-pyrrole nitrogens is 1. The fourth-order valence-corrected chi connectivity index (χ4v) is 2.40. The molecule has 0 spiro atoms. The number of methoxy groups -OCH3 is 1. The number of nitrogens with zero attached hydrogens (tertiary/aromatic N) is 2. The van der Waals surface area contributed by atoms with Crippen molar-refractivity contribution in [1.82, 2.24) is 15.2 Å². The fraction of sp³-hybridized carbons (Fsp3) is 0.143. The Bertz CT molecular complexity index is 752. The maximum atomic E-state index is 6.18. The van der Waals surface area contributed by atoms with Crippen LogP contribution < -0.4 is 4.74 Å². The first-order valence-electron chi connectivity index (χ1n) is 5.85. The van der Waals surface area contributed by atoms with Crippen LogP contribution >= 0.6 is 11.6 Å². The molecular weight excluding hydrogens is 262 g/mol. The third-order valence-corrected chi connectivity index (χ3v) is 3.26. The summed E-state index contributed by atoms with van der Waals surface area (Å²) in [6.07, 6.45) is 0. The molecule has 4 nitrogen and oxygen atoms in total. The summed E-state index contributed by atoms with van der Waals surface area (Å²) >= 11 is 6.18. The van der Waals surface area contributed by atoms with Gasteiger partial charge in [-0.2, -0.15) is 5.10 Å². The Labute approximate surface area is 115 Å². The number of ether oxygens (including phenoxy) is 1. The van der Waals surface area contributed by atoms with Gasteiger partial charge in [-0.1, -0.05) is 23.7 Å². The lowest BCUT2D eigenvalue weighted by Crippen LogP contribution is -1.89. The molecule has 0 saturated carbocycles. The Morgan fingerprint density at radius 2 is 2.00 bits per heavy atom. The van der Waals surface area contributed by atoms with Gasteiger partial charge in [0.25, 0.3) is 0 Å². The van der Waals surface area contributed by atoms with Crippen LogP contribution in [0, 0.1) is 6.92 Å². The van der Waals surface area contributed by atoms with Gasteiger partial charge in [-0.05, 0) is 25.1 Å². The first-order valence-corrected chi connectivity index (χ1v) is 6.23. The van der Waals surface area contributed by atoms with Gasteiger partial charge >= 0.3 is 0 Å². The molecular formula is C14H12ClN3O. The van der Waals surface area contributed by atoms with E-state index in [-0.39, 0.29) is 0 Å². The third-order valence-electron chi connectivity index (χ3n) is 2.97. The fourth-order valence-electron chi connectivity index (χ4n) is 2.11. The minimum absolute atomic E-state index is 0.597. The quantitative estimate of drug-likeness (QED) is 0.776. The molecule has 0 bridgehead atoms. The van der Waals surface area contributed by atoms with E-state index in [1.807, 2.05) is 31.2 Å². The Morgan fingerprint density at radius 3 is 2.79 bits per heavy atom. The van der Waals surface area contributed by atoms with E-state index in [1.54, 1.807) is 13.2 Å². The molecule has 96 valence electrons. The number of hydrogen-bond donors (Lipinski definition) is 1. The third kappa shape index (κ3) is 1.94. The molecule has 0 radical (unpaired) electrons. The van der Waals surface area contributed by atoms with E-state index >= 15 is 0 Å². The predicted molar refractivity (Wildman–Crippen MR) is 75.6 cm³/mol. The van der Waals surface area contributed by atoms with E-state index in [0.717, 1.165) is 28.2 Å². The SMILES string of the molecule is COc1ccccc1-c1[nH]nc2c(Cl)cc(C)nc12. The number of aromatic nitrogens is 3. The van der Waals surface area contributed by atoms with Crippen LogP contribution in [0.2, 0.25) is 5.02 Å². The Morgan fingerprint density at radius 1 is 1.21 bits per heavy atom. The van der Waals surface area contributed by atoms with E-state index < -0.39 is 0 Å². The topological polar surface area (TPSA) is 50.8 Å². The van der Waals surface area contributed by atoms with Crippen LogP contribution in [-0.2, 0) is 0 Å². The number of benzene rings is 1. The number of fused-ring (bicyclic) bond motifs is 1. The minimum atomic E-state index is 0.597. The standard InChI is InChI=1S/C14H12ClN3O/c1-8-7-10(15)13-14(16-8)12(17-18-13)9-5-3-4-6-11(9)19-2/h3-7H,1-2H3,(H,17,18). The molecule has 1 N–H and O–H groups in total. The van der Waals surface area contributed by atoms with Gasteiger partial charge in [0.05, 0.1) is 17.8 Å². The summed E-state index contributed by atoms with van der Waals surface area (Å²) in [4.78, 5) is 4.51. The van der Waals surface area contributed by atoms with Crippen molar-refractivity contribution >= 4 is 22.6 Å². The molecule has 0 aliphatic heterocycles. The first-order chi connectivity index (χ1) is 9.20. The summed E-state index contributed by atoms with van der Waals surface area (Å²) in [5, 5.41) is 7.83. The molecule has 3 rings (SSSR count). The van der Waals surface area contributed by atoms with Crippen LogP contribution in [0.4, 0.5) is 0 Å². The van der Waals surface area contributed by atoms with E-state index in [0.29, 0.717) is 10.5 Å². The Balaban J connectivity index is 2.31. The zero-order chi connectivity index (χ0) is 13.4. The van der Waals surface area contributed by atoms with Crippen LogP contribution in [0.25, 0.3) is 22.3 Å². The normalized spacial score (nSPS) is 10.9. The average Bonchev–Trinajstić information content (AvgIpc) is 2.82. The molecule has 0 saturated heterocycles. The van der Waals surface area contributed by atoms with Crippen molar-refractivity contribution in [3.8, 4) is 17.0 Å². The molecule has 0 atom stereocenters. The van der Waals surface area contributed by atoms with Gasteiger partial charge in [0.2, 0.25) is 0 Å². The van der Waals surface area contributed by atoms with Gasteiger partial charge in [-0.15, -0.1) is 0 Å². The van der Waals surface area contributed by atoms with Crippen LogP contribution in [0.1, 0.15) is 5.69 Å². The highest BCUT2D eigenvalue weighted by Crippen LogP contribution is 2.34. The van der Waals surface area contributed by atoms with E-state index in [4.69, 9.17) is 16.3 Å². The monoisotopic (exact) mass is 273 g/mol. The summed E-state index contributed by atoms with van der Waals surface area (Å²) in [6.45, 7) is 1.91. The van der Waals surface area contributed by atoms with E-state index in [2.05, 4.69) is 15.2 Å². The van der Waals surface area contributed by atoms with Crippen molar-refractivity contribution in [2.45, 2.75) is 6.92 Å². The second-order valence-corrected chi connectivity index (χ2v) is 4.65. The smallest absolute Gasteiger partial charge is 0.130 e. The number of halogens is 1. The summed E-state index contributed by atoms with van der Waals surface area (Å²) in [5.74, 6) is 0.771. The van der Waals surface area contributed by atoms with Gasteiger partial charge in [-0.25, -0.2) is 4.98 Å². The maximum absolute atomic E-state index is 6.18. The van der Waals surface area contributed by atoms with Gasteiger partial charge < -0.3 is 4.74 Å². The molecule has 0 unspecified atom stereocenters. The van der Waals surface area contributed by atoms with Crippen molar-refractivity contribution in [1.29, 1.82) is 0 Å². The molecule has 0 aliphatic rings. The van der Waals surface area contributed by atoms with Crippen molar-refractivity contribution < 1.29 is 4.74 Å². The van der Waals surface area contributed by atoms with E-state index in [1.165, 1.54) is 0 Å². The van der Waals surface area contributed by atoms with Gasteiger partial charge in [-0.3, -0.25) is 5.10 Å². The molecule has 2 aromatic heterocycles. The van der Waals surface area contributed by atoms with Crippen molar-refractivity contribution in [3.63, 3.8) is 0 Å². The second-order valence-electron chi connectivity index (χ2n) is 4.24. The van der Waals surface area contributed by atoms with Crippen LogP contribution in [0.5, 0.6) is 5.75 Å². The molecule has 5 heteroatoms. The highest BCUT2D eigenvalue weighted by Gasteiger charge is 2.15. The number of aromatic amines is 1. The highest BCUT2D eigenvalue weighted by atomic mass is 35.5. The zero-order valence-corrected chi connectivity index (χ0v) is 11.3. The zero-order valence-electron chi connectivity index (χ0n) is 10.6. The minimum Gasteiger partial charge on any atom is -0.496 e. The molecule has 0 amide bonds. The molecule has 0 aliphatic carbocycles. The number of pyridine rings is 1. The number of para-hydroxylation sites is 1. The predicted octanol–water partition coefficient (Wildman–Crippen LogP) is 3.60. The molecule has 3 aromatic rings. The van der Waals surface area contributed by atoms with Gasteiger partial charge in [0, 0.05) is 11.3 Å². The van der Waals surface area contributed by atoms with Crippen LogP contribution in [0.3, 0.4) is 0 Å². The molecule has 2 heterocycles. The molecule has 1 aromatic carbocycles. The number of aryl methyl sites for hydroxylation is 1. The van der Waals surface area contributed by atoms with Gasteiger partial charge in [0.1, 0.15) is 16.8 Å². The Kier molecular flexibility index (Phi) is 2.87. The van der Waals surface area contributed by atoms with Crippen molar-refractivity contribution in [2.24, 2.45) is 0 Å². The van der Waals surface area contributed by atoms with Crippen molar-refractivity contribution in [3.05, 3.63) is 41.0 Å². The molecule has 0 fully saturated rings. The maximum Gasteiger partial charge on any atom is 0.130 e. The largest absolute Gasteiger partial charge is 0.496 e. The highest BCUT2D eigenvalue weighted by molar-refractivity contribution is 6.35. The van der Waals surface area contributed by atoms with Crippen molar-refractivity contribution in [2.75, 3.05) is 7.11 Å². The van der Waals surface area contributed by atoms with Crippen LogP contribution in [-0.4, -0.2) is 22.3 Å². The summed E-state index contributed by atoms with van der Waals surface area (Å²) in [5.41, 5.74) is 4.03. The van der Waals surface area contributed by atoms with E-state index in [9.17, 15) is 0 Å². The van der Waals surface area contributed by atoms with Gasteiger partial charge in [0.15, 0.2) is 0 Å². The number of hydrogen-bond acceptors (Lipinski definition) is 3. The Hall–Kier alpha value is -2.07. The summed E-state index contributed by atoms with van der Waals surface area (Å²) < 4.78 is 5.37. The lowest BCUT2D eigenvalue weighted by Gasteiger charge is -2.06. The number of rotatable bonds is 2. The average molecular weight is 274 g/mol. The van der Waals surface area contributed by atoms with Crippen LogP contribution in [0.15, 0.2) is 30.3 Å². The summed E-state index contributed by atoms with van der Waals surface area (Å²) in [6, 6.07) is 9.54. The first kappa shape index (κ1) is 12.0. The summed E-state index contributed by atoms with van der Waals surface area (Å²) in [7, 11) is 1.64.